The Morgan fingerprint density at radius 2 is 2.00 bits per heavy atom. The van der Waals surface area contributed by atoms with Crippen LogP contribution in [0.2, 0.25) is 0 Å². The summed E-state index contributed by atoms with van der Waals surface area (Å²) in [4.78, 5) is 21.1. The van der Waals surface area contributed by atoms with Crippen LogP contribution in [0.25, 0.3) is 0 Å². The summed E-state index contributed by atoms with van der Waals surface area (Å²) in [5.74, 6) is -1.45. The Labute approximate surface area is 173 Å². The minimum Gasteiger partial charge on any atom is -0.545 e. The normalized spacial score (nSPS) is 13.1. The fraction of sp³-hybridized carbons (Fsp3) is 0.364. The SMILES string of the molecule is O=C([O-])c1cc([N+](=O)[O-])ccc1SCC(O)C(O)CS.[K+]. The molecule has 1 aromatic carbocycles. The first-order chi connectivity index (χ1) is 9.36. The molecule has 0 radical (unpaired) electrons. The van der Waals surface area contributed by atoms with Crippen LogP contribution in [-0.2, 0) is 0 Å². The molecule has 0 bridgehead atoms. The Morgan fingerprint density at radius 3 is 2.48 bits per heavy atom. The molecule has 0 aliphatic rings. The second-order valence-electron chi connectivity index (χ2n) is 3.85. The Hall–Kier alpha value is 0.346. The molecule has 7 nitrogen and oxygen atoms in total. The van der Waals surface area contributed by atoms with Crippen molar-refractivity contribution in [3.05, 3.63) is 33.9 Å². The third-order valence-corrected chi connectivity index (χ3v) is 3.98. The molecule has 1 rings (SSSR count). The number of thiol groups is 1. The zero-order valence-corrected chi connectivity index (χ0v) is 16.0. The molecular formula is C11H12KNO6S2. The topological polar surface area (TPSA) is 124 Å². The fourth-order valence-electron chi connectivity index (χ4n) is 1.32. The number of rotatable bonds is 7. The van der Waals surface area contributed by atoms with Gasteiger partial charge in [0.05, 0.1) is 23.1 Å². The van der Waals surface area contributed by atoms with Gasteiger partial charge >= 0.3 is 51.4 Å². The number of aliphatic hydroxyl groups is 2. The van der Waals surface area contributed by atoms with E-state index in [-0.39, 0.29) is 79.0 Å². The molecule has 2 atom stereocenters. The molecule has 0 saturated heterocycles. The zero-order chi connectivity index (χ0) is 15.3. The summed E-state index contributed by atoms with van der Waals surface area (Å²) >= 11 is 4.79. The number of carboxylic acid groups (broad SMARTS) is 1. The van der Waals surface area contributed by atoms with Crippen LogP contribution in [0.4, 0.5) is 5.69 Å². The van der Waals surface area contributed by atoms with Gasteiger partial charge in [-0.25, -0.2) is 0 Å². The number of hydrogen-bond acceptors (Lipinski definition) is 8. The van der Waals surface area contributed by atoms with Gasteiger partial charge in [-0.05, 0) is 6.07 Å². The van der Waals surface area contributed by atoms with E-state index in [0.29, 0.717) is 0 Å². The number of carboxylic acids is 1. The van der Waals surface area contributed by atoms with Crippen molar-refractivity contribution in [3.63, 3.8) is 0 Å². The smallest absolute Gasteiger partial charge is 0.545 e. The van der Waals surface area contributed by atoms with Gasteiger partial charge in [0.1, 0.15) is 0 Å². The number of carbonyl (C=O) groups is 1. The van der Waals surface area contributed by atoms with Crippen LogP contribution in [0.1, 0.15) is 10.4 Å². The maximum absolute atomic E-state index is 11.0. The van der Waals surface area contributed by atoms with Crippen LogP contribution in [0.3, 0.4) is 0 Å². The Kier molecular flexibility index (Phi) is 10.4. The summed E-state index contributed by atoms with van der Waals surface area (Å²) in [6.07, 6.45) is -2.11. The van der Waals surface area contributed by atoms with Gasteiger partial charge < -0.3 is 20.1 Å². The number of non-ortho nitro benzene ring substituents is 1. The van der Waals surface area contributed by atoms with Gasteiger partial charge in [-0.3, -0.25) is 10.1 Å². The second-order valence-corrected chi connectivity index (χ2v) is 5.28. The minimum atomic E-state index is -1.54. The van der Waals surface area contributed by atoms with E-state index in [1.807, 2.05) is 0 Å². The first kappa shape index (κ1) is 21.3. The summed E-state index contributed by atoms with van der Waals surface area (Å²) in [6.45, 7) is 0. The molecule has 21 heavy (non-hydrogen) atoms. The molecule has 2 N–H and O–H groups in total. The summed E-state index contributed by atoms with van der Waals surface area (Å²) in [6, 6.07) is 3.34. The van der Waals surface area contributed by atoms with Crippen molar-refractivity contribution in [2.75, 3.05) is 11.5 Å². The fourth-order valence-corrected chi connectivity index (χ4v) is 2.60. The number of nitro groups is 1. The number of aromatic carboxylic acids is 1. The molecular weight excluding hydrogens is 345 g/mol. The van der Waals surface area contributed by atoms with Crippen LogP contribution in [-0.4, -0.2) is 44.8 Å². The third kappa shape index (κ3) is 6.55. The van der Waals surface area contributed by atoms with E-state index in [0.717, 1.165) is 23.9 Å². The summed E-state index contributed by atoms with van der Waals surface area (Å²) in [5.41, 5.74) is -0.679. The summed E-state index contributed by atoms with van der Waals surface area (Å²) in [5, 5.41) is 40.4. The quantitative estimate of drug-likeness (QED) is 0.154. The molecule has 0 fully saturated rings. The second kappa shape index (κ2) is 10.2. The van der Waals surface area contributed by atoms with Crippen LogP contribution in [0.5, 0.6) is 0 Å². The van der Waals surface area contributed by atoms with Gasteiger partial charge in [-0.2, -0.15) is 12.6 Å². The average molecular weight is 357 g/mol. The van der Waals surface area contributed by atoms with E-state index in [9.17, 15) is 30.2 Å². The van der Waals surface area contributed by atoms with E-state index in [2.05, 4.69) is 12.6 Å². The molecule has 10 heteroatoms. The number of carbonyl (C=O) groups excluding carboxylic acids is 1. The largest absolute Gasteiger partial charge is 1.00 e. The van der Waals surface area contributed by atoms with E-state index < -0.39 is 23.1 Å². The number of nitro benzene ring substituents is 1. The third-order valence-electron chi connectivity index (χ3n) is 2.43. The number of benzene rings is 1. The van der Waals surface area contributed by atoms with Crippen LogP contribution in [0.15, 0.2) is 23.1 Å². The first-order valence-electron chi connectivity index (χ1n) is 5.46. The van der Waals surface area contributed by atoms with Crippen molar-refractivity contribution in [1.82, 2.24) is 0 Å². The molecule has 0 aromatic heterocycles. The average Bonchev–Trinajstić information content (AvgIpc) is 2.43. The van der Waals surface area contributed by atoms with Crippen LogP contribution >= 0.6 is 24.4 Å². The number of nitrogens with zero attached hydrogens (tertiary/aromatic N) is 1. The Morgan fingerprint density at radius 1 is 1.38 bits per heavy atom. The van der Waals surface area contributed by atoms with E-state index in [1.54, 1.807) is 0 Å². The monoisotopic (exact) mass is 357 g/mol. The molecule has 0 heterocycles. The van der Waals surface area contributed by atoms with Crippen molar-refractivity contribution in [2.24, 2.45) is 0 Å². The predicted molar refractivity (Wildman–Crippen MR) is 74.0 cm³/mol. The summed E-state index contributed by atoms with van der Waals surface area (Å²) < 4.78 is 0. The maximum atomic E-state index is 11.0. The van der Waals surface area contributed by atoms with Gasteiger partial charge in [0.15, 0.2) is 0 Å². The summed E-state index contributed by atoms with van der Waals surface area (Å²) in [7, 11) is 0. The molecule has 0 spiro atoms. The molecule has 0 aliphatic heterocycles. The van der Waals surface area contributed by atoms with Crippen molar-refractivity contribution in [3.8, 4) is 0 Å². The number of aliphatic hydroxyl groups excluding tert-OH is 2. The molecule has 2 unspecified atom stereocenters. The van der Waals surface area contributed by atoms with Crippen molar-refractivity contribution < 1.29 is 76.4 Å². The van der Waals surface area contributed by atoms with Crippen molar-refractivity contribution in [1.29, 1.82) is 0 Å². The maximum Gasteiger partial charge on any atom is 1.00 e. The Balaban J connectivity index is 0.00000400. The molecule has 110 valence electrons. The Bertz CT molecular complexity index is 515. The van der Waals surface area contributed by atoms with Crippen LogP contribution < -0.4 is 56.5 Å². The van der Waals surface area contributed by atoms with E-state index in [1.165, 1.54) is 6.07 Å². The molecule has 0 aliphatic carbocycles. The molecule has 0 saturated carbocycles. The number of thioether (sulfide) groups is 1. The van der Waals surface area contributed by atoms with Crippen molar-refractivity contribution in [2.45, 2.75) is 17.1 Å². The van der Waals surface area contributed by atoms with Crippen molar-refractivity contribution >= 4 is 36.0 Å². The first-order valence-corrected chi connectivity index (χ1v) is 7.08. The van der Waals surface area contributed by atoms with Crippen LogP contribution in [0, 0.1) is 10.1 Å². The van der Waals surface area contributed by atoms with Gasteiger partial charge in [0, 0.05) is 34.1 Å². The minimum absolute atomic E-state index is 0. The van der Waals surface area contributed by atoms with Gasteiger partial charge in [-0.15, -0.1) is 11.8 Å². The predicted octanol–water partition coefficient (Wildman–Crippen LogP) is -3.29. The van der Waals surface area contributed by atoms with Gasteiger partial charge in [0.25, 0.3) is 5.69 Å². The van der Waals surface area contributed by atoms with E-state index >= 15 is 0 Å². The molecule has 0 amide bonds. The zero-order valence-electron chi connectivity index (χ0n) is 11.1. The van der Waals surface area contributed by atoms with Gasteiger partial charge in [0.2, 0.25) is 0 Å². The number of hydrogen-bond donors (Lipinski definition) is 3. The van der Waals surface area contributed by atoms with Gasteiger partial charge in [-0.1, -0.05) is 0 Å². The standard InChI is InChI=1S/C11H13NO6S2.K/c13-8(4-19)9(14)5-20-10-2-1-6(12(17)18)3-7(10)11(15)16;/h1-3,8-9,13-14,19H,4-5H2,(H,15,16);/q;+1/p-1. The van der Waals surface area contributed by atoms with E-state index in [4.69, 9.17) is 0 Å². The molecule has 1 aromatic rings.